The molecule has 0 radical (unpaired) electrons. The van der Waals surface area contributed by atoms with Gasteiger partial charge < -0.3 is 40.7 Å². The minimum Gasteiger partial charge on any atom is -0.493 e. The van der Waals surface area contributed by atoms with E-state index in [0.29, 0.717) is 28.7 Å². The van der Waals surface area contributed by atoms with Crippen molar-refractivity contribution in [2.75, 3.05) is 51.1 Å². The fraction of sp³-hybridized carbons (Fsp3) is 0.242. The van der Waals surface area contributed by atoms with Gasteiger partial charge in [-0.1, -0.05) is 12.6 Å². The van der Waals surface area contributed by atoms with Crippen molar-refractivity contribution in [2.45, 2.75) is 19.8 Å². The van der Waals surface area contributed by atoms with E-state index in [1.54, 1.807) is 20.4 Å². The molecule has 0 saturated carbocycles. The monoisotopic (exact) mass is 653 g/mol. The second-order valence-corrected chi connectivity index (χ2v) is 9.27. The number of nitrogens with zero attached hydrogens (tertiary/aromatic N) is 2. The van der Waals surface area contributed by atoms with Gasteiger partial charge in [0.15, 0.2) is 11.5 Å². The van der Waals surface area contributed by atoms with Gasteiger partial charge in [-0.05, 0) is 73.9 Å². The number of nitrogens with one attached hydrogen (secondary N) is 1. The predicted octanol–water partition coefficient (Wildman–Crippen LogP) is 6.62. The van der Waals surface area contributed by atoms with E-state index >= 15 is 0 Å². The predicted molar refractivity (Wildman–Crippen MR) is 192 cm³/mol. The van der Waals surface area contributed by atoms with Gasteiger partial charge in [0, 0.05) is 60.9 Å². The number of hydrogen-bond acceptors (Lipinski definition) is 11. The van der Waals surface area contributed by atoms with Crippen LogP contribution in [0.5, 0.6) is 23.0 Å². The summed E-state index contributed by atoms with van der Waals surface area (Å²) in [5.74, 6) is 2.73. The summed E-state index contributed by atoms with van der Waals surface area (Å²) < 4.78 is 16.7. The Balaban J connectivity index is 0.000000379. The van der Waals surface area contributed by atoms with Crippen LogP contribution >= 0.6 is 23.3 Å². The number of fused-ring (bicyclic) bond motifs is 1. The molecule has 1 aliphatic rings. The summed E-state index contributed by atoms with van der Waals surface area (Å²) >= 11 is 6.44. The number of nitrogens with two attached hydrogens (primary N) is 2. The summed E-state index contributed by atoms with van der Waals surface area (Å²) in [7, 11) is 5.08. The molecule has 242 valence electrons. The molecule has 5 N–H and O–H groups in total. The zero-order valence-corrected chi connectivity index (χ0v) is 27.9. The van der Waals surface area contributed by atoms with E-state index < -0.39 is 0 Å². The molecule has 5 rings (SSSR count). The van der Waals surface area contributed by atoms with Crippen molar-refractivity contribution in [3.05, 3.63) is 85.1 Å². The number of amides is 1. The second-order valence-electron chi connectivity index (χ2n) is 9.27. The molecule has 0 unspecified atom stereocenters. The first-order valence-corrected chi connectivity index (χ1v) is 15.4. The average molecular weight is 654 g/mol. The molecule has 1 aliphatic heterocycles. The number of pyridine rings is 1. The van der Waals surface area contributed by atoms with Crippen molar-refractivity contribution in [1.82, 2.24) is 9.88 Å². The number of methoxy groups -OCH3 is 2. The number of carbonyl (C=O) groups excluding carboxylic acids is 2. The maximum atomic E-state index is 10.8. The third-order valence-electron chi connectivity index (χ3n) is 6.43. The van der Waals surface area contributed by atoms with E-state index in [4.69, 9.17) is 30.5 Å². The van der Waals surface area contributed by atoms with Crippen molar-refractivity contribution in [3.8, 4) is 23.0 Å². The van der Waals surface area contributed by atoms with Gasteiger partial charge in [-0.15, -0.1) is 23.3 Å². The van der Waals surface area contributed by atoms with Crippen LogP contribution in [0.2, 0.25) is 0 Å². The number of aromatic nitrogens is 1. The van der Waals surface area contributed by atoms with Crippen molar-refractivity contribution in [2.24, 2.45) is 0 Å². The van der Waals surface area contributed by atoms with Crippen molar-refractivity contribution in [1.29, 1.82) is 0 Å². The van der Waals surface area contributed by atoms with Gasteiger partial charge in [0.05, 0.1) is 19.7 Å². The minimum absolute atomic E-state index is 0.0764. The molecule has 45 heavy (non-hydrogen) atoms. The Bertz CT molecular complexity index is 1480. The molecule has 0 atom stereocenters. The number of nitrogen functional groups attached to an aromatic ring is 2. The second kappa shape index (κ2) is 21.2. The zero-order chi connectivity index (χ0) is 33.8. The smallest absolute Gasteiger partial charge is 0.245 e. The highest BCUT2D eigenvalue weighted by Crippen LogP contribution is 2.37. The summed E-state index contributed by atoms with van der Waals surface area (Å²) in [6.07, 6.45) is 5.38. The summed E-state index contributed by atoms with van der Waals surface area (Å²) in [6, 6.07) is 18.7. The third kappa shape index (κ3) is 12.2. The Morgan fingerprint density at radius 3 is 2.02 bits per heavy atom. The van der Waals surface area contributed by atoms with E-state index in [2.05, 4.69) is 40.2 Å². The first kappa shape index (κ1) is 38.5. The normalized spacial score (nSPS) is 11.0. The standard InChI is InChI=1S/C18H18N2O3.C7H10N2.C7H11NO.CH2O.H2S2/c1-11-4-5-12(19)8-16(11)23-15-6-7-20-14-10-18(22-3)17(21-2)9-13(14)15;1-9-7-4-2-6(8)3-5-7;1-2-7(9)8-5-3-4-6-8;2*1-2/h4-10H,19H2,1-3H3;2-5,9H,8H2,1H3;2H,1,3-6H2;1H2;1-2H. The maximum absolute atomic E-state index is 10.8. The van der Waals surface area contributed by atoms with Gasteiger partial charge in [0.25, 0.3) is 0 Å². The van der Waals surface area contributed by atoms with Gasteiger partial charge in [0.2, 0.25) is 5.91 Å². The summed E-state index contributed by atoms with van der Waals surface area (Å²) in [5.41, 5.74) is 15.6. The molecule has 4 aromatic rings. The Morgan fingerprint density at radius 1 is 0.889 bits per heavy atom. The first-order chi connectivity index (χ1) is 21.8. The maximum Gasteiger partial charge on any atom is 0.245 e. The van der Waals surface area contributed by atoms with Gasteiger partial charge in [0.1, 0.15) is 18.3 Å². The van der Waals surface area contributed by atoms with Crippen LogP contribution in [0.25, 0.3) is 10.9 Å². The van der Waals surface area contributed by atoms with E-state index in [0.717, 1.165) is 53.8 Å². The number of thiol groups is 2. The number of carbonyl (C=O) groups is 2. The van der Waals surface area contributed by atoms with E-state index in [9.17, 15) is 4.79 Å². The van der Waals surface area contributed by atoms with E-state index in [1.165, 1.54) is 6.08 Å². The molecule has 1 amide bonds. The molecule has 2 heterocycles. The Labute approximate surface area is 276 Å². The third-order valence-corrected chi connectivity index (χ3v) is 6.43. The quantitative estimate of drug-likeness (QED) is 0.0672. The van der Waals surface area contributed by atoms with Crippen molar-refractivity contribution >= 4 is 64.0 Å². The summed E-state index contributed by atoms with van der Waals surface area (Å²) in [6.45, 7) is 9.23. The van der Waals surface area contributed by atoms with Gasteiger partial charge in [-0.25, -0.2) is 0 Å². The highest BCUT2D eigenvalue weighted by atomic mass is 33.1. The largest absolute Gasteiger partial charge is 0.493 e. The molecule has 10 nitrogen and oxygen atoms in total. The molecule has 12 heteroatoms. The SMILES string of the molecule is C=CC(=O)N1CCCC1.C=O.CNc1ccc(N)cc1.COc1cc2nccc(Oc3cc(N)ccc3C)c2cc1OC.SS. The van der Waals surface area contributed by atoms with Crippen LogP contribution in [0, 0.1) is 6.92 Å². The van der Waals surface area contributed by atoms with Gasteiger partial charge >= 0.3 is 0 Å². The highest BCUT2D eigenvalue weighted by Gasteiger charge is 2.14. The molecule has 1 aromatic heterocycles. The lowest BCUT2D eigenvalue weighted by atomic mass is 10.1. The molecule has 3 aromatic carbocycles. The molecule has 1 saturated heterocycles. The zero-order valence-electron chi connectivity index (χ0n) is 26.2. The number of anilines is 3. The summed E-state index contributed by atoms with van der Waals surface area (Å²) in [5, 5.41) is 3.84. The molecular weight excluding hydrogens is 611 g/mol. The van der Waals surface area contributed by atoms with Gasteiger partial charge in [-0.3, -0.25) is 9.78 Å². The average Bonchev–Trinajstić information content (AvgIpc) is 3.64. The lowest BCUT2D eigenvalue weighted by Crippen LogP contribution is -2.25. The molecule has 1 fully saturated rings. The summed E-state index contributed by atoms with van der Waals surface area (Å²) in [4.78, 5) is 25.0. The highest BCUT2D eigenvalue weighted by molar-refractivity contribution is 8.59. The van der Waals surface area contributed by atoms with Crippen LogP contribution in [0.3, 0.4) is 0 Å². The lowest BCUT2D eigenvalue weighted by molar-refractivity contribution is -0.124. The van der Waals surface area contributed by atoms with E-state index in [1.807, 2.05) is 86.3 Å². The van der Waals surface area contributed by atoms with Gasteiger partial charge in [-0.2, -0.15) is 0 Å². The van der Waals surface area contributed by atoms with Crippen LogP contribution in [0.4, 0.5) is 17.1 Å². The number of likely N-dealkylation sites (tertiary alicyclic amines) is 1. The van der Waals surface area contributed by atoms with Crippen LogP contribution < -0.4 is 31.0 Å². The number of aryl methyl sites for hydroxylation is 1. The fourth-order valence-electron chi connectivity index (χ4n) is 4.10. The molecule has 0 spiro atoms. The Hall–Kier alpha value is -4.55. The number of rotatable bonds is 6. The van der Waals surface area contributed by atoms with E-state index in [-0.39, 0.29) is 5.91 Å². The Morgan fingerprint density at radius 2 is 1.47 bits per heavy atom. The first-order valence-electron chi connectivity index (χ1n) is 13.8. The Kier molecular flexibility index (Phi) is 18.1. The molecule has 0 bridgehead atoms. The lowest BCUT2D eigenvalue weighted by Gasteiger charge is -2.13. The molecule has 0 aliphatic carbocycles. The van der Waals surface area contributed by atoms with Crippen LogP contribution in [0.15, 0.2) is 79.5 Å². The minimum atomic E-state index is 0.0764. The number of hydrogen-bond donors (Lipinski definition) is 5. The van der Waals surface area contributed by atoms with Crippen molar-refractivity contribution in [3.63, 3.8) is 0 Å². The number of ether oxygens (including phenoxy) is 3. The topological polar surface area (TPSA) is 142 Å². The molecular formula is C33H43N5O5S2. The van der Waals surface area contributed by atoms with Crippen LogP contribution in [-0.2, 0) is 9.59 Å². The van der Waals surface area contributed by atoms with Crippen LogP contribution in [-0.4, -0.2) is 56.9 Å². The van der Waals surface area contributed by atoms with Crippen molar-refractivity contribution < 1.29 is 23.8 Å². The van der Waals surface area contributed by atoms with Crippen LogP contribution in [0.1, 0.15) is 18.4 Å². The fourth-order valence-corrected chi connectivity index (χ4v) is 4.10. The number of benzene rings is 3.